The molecule has 3 rings (SSSR count). The number of carbonyl (C=O) groups is 1. The van der Waals surface area contributed by atoms with Crippen LogP contribution < -0.4 is 0 Å². The second kappa shape index (κ2) is 4.79. The van der Waals surface area contributed by atoms with Gasteiger partial charge in [-0.1, -0.05) is 0 Å². The molecule has 1 aliphatic heterocycles. The van der Waals surface area contributed by atoms with E-state index in [4.69, 9.17) is 0 Å². The highest BCUT2D eigenvalue weighted by Gasteiger charge is 2.40. The van der Waals surface area contributed by atoms with Crippen molar-refractivity contribution in [3.05, 3.63) is 35.9 Å². The van der Waals surface area contributed by atoms with Gasteiger partial charge >= 0.3 is 6.18 Å². The molecule has 0 saturated heterocycles. The van der Waals surface area contributed by atoms with Crippen LogP contribution in [0.5, 0.6) is 0 Å². The van der Waals surface area contributed by atoms with Crippen molar-refractivity contribution in [2.24, 2.45) is 0 Å². The van der Waals surface area contributed by atoms with Gasteiger partial charge in [0.05, 0.1) is 12.7 Å². The van der Waals surface area contributed by atoms with Gasteiger partial charge in [0.15, 0.2) is 5.82 Å². The van der Waals surface area contributed by atoms with E-state index in [0.29, 0.717) is 0 Å². The summed E-state index contributed by atoms with van der Waals surface area (Å²) in [6.07, 6.45) is -0.439. The van der Waals surface area contributed by atoms with Crippen molar-refractivity contribution >= 4 is 5.91 Å². The second-order valence-corrected chi connectivity index (χ2v) is 4.41. The molecule has 10 heteroatoms. The van der Waals surface area contributed by atoms with Gasteiger partial charge in [-0.3, -0.25) is 9.78 Å². The summed E-state index contributed by atoms with van der Waals surface area (Å²) in [5.41, 5.74) is 0.140. The molecule has 0 aliphatic carbocycles. The molecule has 1 aliphatic rings. The number of nitrogens with zero attached hydrogens (tertiary/aromatic N) is 6. The highest BCUT2D eigenvalue weighted by molar-refractivity contribution is 5.91. The molecule has 0 radical (unpaired) electrons. The van der Waals surface area contributed by atoms with Crippen molar-refractivity contribution < 1.29 is 18.0 Å². The third kappa shape index (κ3) is 2.43. The van der Waals surface area contributed by atoms with Gasteiger partial charge in [-0.15, -0.1) is 10.2 Å². The normalized spacial score (nSPS) is 14.9. The van der Waals surface area contributed by atoms with E-state index in [-0.39, 0.29) is 31.2 Å². The van der Waals surface area contributed by atoms with Crippen LogP contribution >= 0.6 is 0 Å². The number of amides is 1. The minimum atomic E-state index is -4.55. The first kappa shape index (κ1) is 13.5. The van der Waals surface area contributed by atoms with Crippen LogP contribution in [0, 0.1) is 0 Å². The zero-order chi connectivity index (χ0) is 15.0. The van der Waals surface area contributed by atoms with Crippen molar-refractivity contribution in [1.82, 2.24) is 29.6 Å². The monoisotopic (exact) mass is 298 g/mol. The highest BCUT2D eigenvalue weighted by atomic mass is 19.4. The summed E-state index contributed by atoms with van der Waals surface area (Å²) in [6.45, 7) is 0.0746. The zero-order valence-electron chi connectivity index (χ0n) is 10.6. The van der Waals surface area contributed by atoms with Gasteiger partial charge in [0.25, 0.3) is 5.91 Å². The third-order valence-corrected chi connectivity index (χ3v) is 3.08. The van der Waals surface area contributed by atoms with Gasteiger partial charge in [-0.05, 0) is 0 Å². The fourth-order valence-corrected chi connectivity index (χ4v) is 2.11. The molecule has 3 heterocycles. The first-order valence-electron chi connectivity index (χ1n) is 6.01. The van der Waals surface area contributed by atoms with Crippen LogP contribution in [0.25, 0.3) is 0 Å². The third-order valence-electron chi connectivity index (χ3n) is 3.08. The summed E-state index contributed by atoms with van der Waals surface area (Å²) in [4.78, 5) is 21.2. The van der Waals surface area contributed by atoms with Crippen LogP contribution in [0.2, 0.25) is 0 Å². The quantitative estimate of drug-likeness (QED) is 0.776. The van der Waals surface area contributed by atoms with Crippen LogP contribution in [0.4, 0.5) is 13.2 Å². The molecule has 0 bridgehead atoms. The number of aromatic nitrogens is 5. The lowest BCUT2D eigenvalue weighted by Crippen LogP contribution is -2.39. The van der Waals surface area contributed by atoms with Crippen molar-refractivity contribution in [2.45, 2.75) is 19.3 Å². The van der Waals surface area contributed by atoms with Gasteiger partial charge in [-0.2, -0.15) is 13.2 Å². The number of carbonyl (C=O) groups excluding carboxylic acids is 1. The lowest BCUT2D eigenvalue weighted by atomic mass is 10.3. The molecule has 2 aromatic heterocycles. The van der Waals surface area contributed by atoms with Crippen LogP contribution in [0.1, 0.15) is 22.1 Å². The Morgan fingerprint density at radius 1 is 1.19 bits per heavy atom. The van der Waals surface area contributed by atoms with Gasteiger partial charge in [0, 0.05) is 25.5 Å². The van der Waals surface area contributed by atoms with Crippen LogP contribution in [-0.2, 0) is 19.3 Å². The Bertz CT molecular complexity index is 668. The number of fused-ring (bicyclic) bond motifs is 1. The minimum Gasteiger partial charge on any atom is -0.328 e. The molecule has 110 valence electrons. The lowest BCUT2D eigenvalue weighted by Gasteiger charge is -2.27. The maximum atomic E-state index is 12.7. The van der Waals surface area contributed by atoms with E-state index in [1.165, 1.54) is 23.5 Å². The predicted molar refractivity (Wildman–Crippen MR) is 61.8 cm³/mol. The topological polar surface area (TPSA) is 76.8 Å². The number of hydrogen-bond donors (Lipinski definition) is 0. The standard InChI is InChI=1S/C11H9F3N6O/c12-11(13,14)10-18-17-8-6-19(3-4-20(8)10)9(21)7-5-15-1-2-16-7/h1-2,5H,3-4,6H2. The van der Waals surface area contributed by atoms with Crippen LogP contribution in [0.15, 0.2) is 18.6 Å². The summed E-state index contributed by atoms with van der Waals surface area (Å²) < 4.78 is 39.1. The molecule has 0 unspecified atom stereocenters. The Morgan fingerprint density at radius 3 is 2.67 bits per heavy atom. The minimum absolute atomic E-state index is 0.0107. The summed E-state index contributed by atoms with van der Waals surface area (Å²) in [6, 6.07) is 0. The number of alkyl halides is 3. The molecule has 0 spiro atoms. The maximum Gasteiger partial charge on any atom is 0.451 e. The smallest absolute Gasteiger partial charge is 0.328 e. The largest absolute Gasteiger partial charge is 0.451 e. The molecule has 7 nitrogen and oxygen atoms in total. The molecule has 0 aromatic carbocycles. The second-order valence-electron chi connectivity index (χ2n) is 4.41. The highest BCUT2D eigenvalue weighted by Crippen LogP contribution is 2.29. The molecule has 2 aromatic rings. The number of halogens is 3. The van der Waals surface area contributed by atoms with E-state index >= 15 is 0 Å². The number of hydrogen-bond acceptors (Lipinski definition) is 5. The Kier molecular flexibility index (Phi) is 3.07. The number of rotatable bonds is 1. The van der Waals surface area contributed by atoms with Crippen molar-refractivity contribution in [1.29, 1.82) is 0 Å². The predicted octanol–water partition coefficient (Wildman–Crippen LogP) is 0.743. The summed E-state index contributed by atoms with van der Waals surface area (Å²) >= 11 is 0. The summed E-state index contributed by atoms with van der Waals surface area (Å²) in [7, 11) is 0. The lowest BCUT2D eigenvalue weighted by molar-refractivity contribution is -0.147. The van der Waals surface area contributed by atoms with E-state index in [2.05, 4.69) is 20.2 Å². The zero-order valence-corrected chi connectivity index (χ0v) is 10.6. The average Bonchev–Trinajstić information content (AvgIpc) is 2.90. The molecule has 1 amide bonds. The van der Waals surface area contributed by atoms with Crippen LogP contribution in [0.3, 0.4) is 0 Å². The molecule has 0 fully saturated rings. The van der Waals surface area contributed by atoms with E-state index in [9.17, 15) is 18.0 Å². The summed E-state index contributed by atoms with van der Waals surface area (Å²) in [5.74, 6) is -1.33. The van der Waals surface area contributed by atoms with E-state index in [1.807, 2.05) is 0 Å². The SMILES string of the molecule is O=C(c1cnccn1)N1CCn2c(nnc2C(F)(F)F)C1. The average molecular weight is 298 g/mol. The fourth-order valence-electron chi connectivity index (χ4n) is 2.11. The summed E-state index contributed by atoms with van der Waals surface area (Å²) in [5, 5.41) is 6.67. The molecule has 0 atom stereocenters. The van der Waals surface area contributed by atoms with Crippen LogP contribution in [-0.4, -0.2) is 42.1 Å². The van der Waals surface area contributed by atoms with E-state index in [1.54, 1.807) is 0 Å². The maximum absolute atomic E-state index is 12.7. The van der Waals surface area contributed by atoms with Gasteiger partial charge in [0.1, 0.15) is 5.69 Å². The molecular formula is C11H9F3N6O. The molecule has 0 N–H and O–H groups in total. The van der Waals surface area contributed by atoms with Crippen molar-refractivity contribution in [2.75, 3.05) is 6.54 Å². The fraction of sp³-hybridized carbons (Fsp3) is 0.364. The van der Waals surface area contributed by atoms with Gasteiger partial charge in [-0.25, -0.2) is 4.98 Å². The Balaban J connectivity index is 1.83. The Hall–Kier alpha value is -2.52. The first-order valence-corrected chi connectivity index (χ1v) is 6.01. The Morgan fingerprint density at radius 2 is 2.00 bits per heavy atom. The molecular weight excluding hydrogens is 289 g/mol. The van der Waals surface area contributed by atoms with E-state index in [0.717, 1.165) is 4.57 Å². The first-order chi connectivity index (χ1) is 9.97. The molecule has 21 heavy (non-hydrogen) atoms. The van der Waals surface area contributed by atoms with Crippen molar-refractivity contribution in [3.8, 4) is 0 Å². The molecule has 0 saturated carbocycles. The van der Waals surface area contributed by atoms with E-state index < -0.39 is 17.9 Å². The Labute approximate surface area is 116 Å². The van der Waals surface area contributed by atoms with Crippen molar-refractivity contribution in [3.63, 3.8) is 0 Å². The van der Waals surface area contributed by atoms with Gasteiger partial charge < -0.3 is 9.47 Å². The van der Waals surface area contributed by atoms with Gasteiger partial charge in [0.2, 0.25) is 5.82 Å².